The van der Waals surface area contributed by atoms with Gasteiger partial charge in [-0.25, -0.2) is 0 Å². The number of unbranched alkanes of at least 4 members (excludes halogenated alkanes) is 25. The van der Waals surface area contributed by atoms with E-state index in [1.165, 1.54) is 103 Å². The largest absolute Gasteiger partial charge is 0.454 e. The number of esters is 1. The highest BCUT2D eigenvalue weighted by atomic mass is 16.7. The Kier molecular flexibility index (Phi) is 39.5. The third-order valence-electron chi connectivity index (χ3n) is 12.3. The van der Waals surface area contributed by atoms with Gasteiger partial charge in [0.05, 0.1) is 25.4 Å². The summed E-state index contributed by atoms with van der Waals surface area (Å²) in [6, 6.07) is -1.03. The van der Waals surface area contributed by atoms with Crippen molar-refractivity contribution in [3.63, 3.8) is 0 Å². The predicted octanol–water partition coefficient (Wildman–Crippen LogP) is 10.8. The van der Waals surface area contributed by atoms with Crippen molar-refractivity contribution in [2.75, 3.05) is 13.2 Å². The summed E-state index contributed by atoms with van der Waals surface area (Å²) in [7, 11) is 0. The molecule has 374 valence electrons. The molecule has 0 spiro atoms. The monoisotopic (exact) mass is 908 g/mol. The second-order valence-electron chi connectivity index (χ2n) is 18.2. The van der Waals surface area contributed by atoms with Gasteiger partial charge >= 0.3 is 5.97 Å². The van der Waals surface area contributed by atoms with Gasteiger partial charge in [0.25, 0.3) is 0 Å². The van der Waals surface area contributed by atoms with Crippen LogP contribution >= 0.6 is 0 Å². The molecule has 11 nitrogen and oxygen atoms in total. The molecule has 0 aromatic carbocycles. The summed E-state index contributed by atoms with van der Waals surface area (Å²) in [5, 5.41) is 56.5. The number of allylic oxidation sites excluding steroid dienone is 5. The van der Waals surface area contributed by atoms with Gasteiger partial charge < -0.3 is 45.1 Å². The molecule has 0 aliphatic carbocycles. The maximum Gasteiger partial charge on any atom is 0.306 e. The average molecular weight is 908 g/mol. The number of ether oxygens (including phenoxy) is 3. The molecule has 0 saturated carbocycles. The highest BCUT2D eigenvalue weighted by Crippen LogP contribution is 2.26. The van der Waals surface area contributed by atoms with E-state index in [2.05, 4.69) is 50.4 Å². The lowest BCUT2D eigenvalue weighted by molar-refractivity contribution is -0.305. The molecule has 8 atom stereocenters. The van der Waals surface area contributed by atoms with Crippen LogP contribution in [0.3, 0.4) is 0 Å². The Hall–Kier alpha value is -2.12. The van der Waals surface area contributed by atoms with Gasteiger partial charge in [-0.2, -0.15) is 0 Å². The maximum absolute atomic E-state index is 13.3. The minimum atomic E-state index is -1.62. The zero-order valence-corrected chi connectivity index (χ0v) is 40.9. The number of amides is 1. The van der Waals surface area contributed by atoms with Crippen molar-refractivity contribution in [3.8, 4) is 0 Å². The lowest BCUT2D eigenvalue weighted by Crippen LogP contribution is -2.61. The minimum absolute atomic E-state index is 0.103. The summed E-state index contributed by atoms with van der Waals surface area (Å²) in [6.45, 7) is 5.69. The summed E-state index contributed by atoms with van der Waals surface area (Å²) in [4.78, 5) is 26.3. The van der Waals surface area contributed by atoms with Crippen LogP contribution in [0.1, 0.15) is 226 Å². The average Bonchev–Trinajstić information content (AvgIpc) is 3.29. The number of hydrogen-bond donors (Lipinski definition) is 6. The third kappa shape index (κ3) is 31.0. The van der Waals surface area contributed by atoms with E-state index in [9.17, 15) is 35.1 Å². The smallest absolute Gasteiger partial charge is 0.306 e. The number of aliphatic hydroxyl groups excluding tert-OH is 5. The van der Waals surface area contributed by atoms with Gasteiger partial charge in [0.15, 0.2) is 12.4 Å². The summed E-state index contributed by atoms with van der Waals surface area (Å²) >= 11 is 0. The van der Waals surface area contributed by atoms with Gasteiger partial charge in [0, 0.05) is 6.42 Å². The molecule has 1 fully saturated rings. The first-order chi connectivity index (χ1) is 31.2. The molecule has 1 amide bonds. The van der Waals surface area contributed by atoms with Gasteiger partial charge in [0.1, 0.15) is 24.4 Å². The first kappa shape index (κ1) is 59.9. The van der Waals surface area contributed by atoms with E-state index >= 15 is 0 Å². The molecule has 1 saturated heterocycles. The molecule has 0 bridgehead atoms. The molecule has 0 radical (unpaired) electrons. The highest BCUT2D eigenvalue weighted by Gasteiger charge is 2.47. The third-order valence-corrected chi connectivity index (χ3v) is 12.3. The summed E-state index contributed by atoms with van der Waals surface area (Å²) in [5.74, 6) is -1.22. The normalized spacial score (nSPS) is 20.7. The topological polar surface area (TPSA) is 175 Å². The van der Waals surface area contributed by atoms with Crippen LogP contribution in [0.25, 0.3) is 0 Å². The molecule has 1 aliphatic heterocycles. The zero-order chi connectivity index (χ0) is 46.9. The van der Waals surface area contributed by atoms with E-state index in [-0.39, 0.29) is 19.4 Å². The van der Waals surface area contributed by atoms with Crippen LogP contribution < -0.4 is 5.32 Å². The second kappa shape index (κ2) is 42.2. The zero-order valence-electron chi connectivity index (χ0n) is 40.9. The molecular formula is C53H97NO10. The van der Waals surface area contributed by atoms with Crippen molar-refractivity contribution >= 4 is 11.9 Å². The summed E-state index contributed by atoms with van der Waals surface area (Å²) in [5.41, 5.74) is 0. The van der Waals surface area contributed by atoms with E-state index in [4.69, 9.17) is 14.2 Å². The fourth-order valence-corrected chi connectivity index (χ4v) is 7.98. The van der Waals surface area contributed by atoms with Crippen LogP contribution in [0.2, 0.25) is 0 Å². The van der Waals surface area contributed by atoms with Crippen LogP contribution in [0, 0.1) is 0 Å². The van der Waals surface area contributed by atoms with E-state index in [1.54, 1.807) is 6.08 Å². The maximum atomic E-state index is 13.3. The molecule has 1 heterocycles. The Morgan fingerprint density at radius 3 is 1.56 bits per heavy atom. The number of carbonyl (C=O) groups is 2. The second-order valence-corrected chi connectivity index (χ2v) is 18.2. The van der Waals surface area contributed by atoms with E-state index < -0.39 is 67.4 Å². The van der Waals surface area contributed by atoms with Gasteiger partial charge in [-0.1, -0.05) is 186 Å². The summed E-state index contributed by atoms with van der Waals surface area (Å²) in [6.07, 6.45) is 36.3. The van der Waals surface area contributed by atoms with Crippen molar-refractivity contribution in [1.29, 1.82) is 0 Å². The first-order valence-electron chi connectivity index (χ1n) is 26.3. The van der Waals surface area contributed by atoms with E-state index in [1.807, 2.05) is 6.08 Å². The number of nitrogens with one attached hydrogen (secondary N) is 1. The van der Waals surface area contributed by atoms with Crippen LogP contribution in [0.15, 0.2) is 36.5 Å². The van der Waals surface area contributed by atoms with Gasteiger partial charge in [0.2, 0.25) is 5.91 Å². The quantitative estimate of drug-likeness (QED) is 0.0196. The molecule has 64 heavy (non-hydrogen) atoms. The fraction of sp³-hybridized carbons (Fsp3) is 0.849. The fourth-order valence-electron chi connectivity index (χ4n) is 7.98. The molecule has 6 N–H and O–H groups in total. The van der Waals surface area contributed by atoms with Crippen LogP contribution in [-0.4, -0.2) is 99.6 Å². The molecular weight excluding hydrogens is 811 g/mol. The standard InChI is InChI=1S/C53H97NO10/c1-4-7-10-13-16-19-22-24-26-29-32-35-38-41-48(58)64-51-50(60)49(59)47(42-55)63-53(51)62-43-44(45(56)39-36-33-30-28-25-23-20-17-14-11-8-5-2)54-52(61)46(57)40-37-34-31-27-21-18-15-12-9-6-3/h15,18,24,26,36,39,44-47,49-51,53,55-57,59-60H,4-14,16-17,19-23,25,27-35,37-38,40-43H2,1-3H3,(H,54,61)/b18-15-,26-24-,39-36+. The van der Waals surface area contributed by atoms with Gasteiger partial charge in [-0.15, -0.1) is 0 Å². The SMILES string of the molecule is CCCC/C=C\CCCCCCC(O)C(=O)NC(COC1OC(CO)C(O)C(O)C1OC(=O)CCCCC/C=C\CCCCCCCC)C(O)/C=C/CCCCCCCCCCCC. The predicted molar refractivity (Wildman–Crippen MR) is 260 cm³/mol. The lowest BCUT2D eigenvalue weighted by atomic mass is 9.99. The van der Waals surface area contributed by atoms with Gasteiger partial charge in [-0.3, -0.25) is 9.59 Å². The molecule has 8 unspecified atom stereocenters. The number of hydrogen-bond acceptors (Lipinski definition) is 10. The molecule has 0 aromatic rings. The van der Waals surface area contributed by atoms with Crippen LogP contribution in [0.4, 0.5) is 0 Å². The van der Waals surface area contributed by atoms with Crippen molar-refractivity contribution in [3.05, 3.63) is 36.5 Å². The molecule has 0 aromatic heterocycles. The Bertz CT molecular complexity index is 1180. The Morgan fingerprint density at radius 1 is 0.594 bits per heavy atom. The Labute approximate surface area is 390 Å². The number of aliphatic hydroxyl groups is 5. The van der Waals surface area contributed by atoms with E-state index in [0.717, 1.165) is 77.0 Å². The minimum Gasteiger partial charge on any atom is -0.454 e. The highest BCUT2D eigenvalue weighted by molar-refractivity contribution is 5.80. The number of carbonyl (C=O) groups excluding carboxylic acids is 2. The van der Waals surface area contributed by atoms with E-state index in [0.29, 0.717) is 12.8 Å². The Morgan fingerprint density at radius 2 is 1.05 bits per heavy atom. The van der Waals surface area contributed by atoms with Gasteiger partial charge in [-0.05, 0) is 70.6 Å². The van der Waals surface area contributed by atoms with Crippen LogP contribution in [0.5, 0.6) is 0 Å². The molecule has 1 rings (SSSR count). The molecule has 11 heteroatoms. The van der Waals surface area contributed by atoms with Crippen LogP contribution in [-0.2, 0) is 23.8 Å². The summed E-state index contributed by atoms with van der Waals surface area (Å²) < 4.78 is 17.5. The number of rotatable bonds is 43. The first-order valence-corrected chi connectivity index (χ1v) is 26.3. The Balaban J connectivity index is 2.80. The van der Waals surface area contributed by atoms with Crippen molar-refractivity contribution in [2.45, 2.75) is 275 Å². The lowest BCUT2D eigenvalue weighted by Gasteiger charge is -2.41. The van der Waals surface area contributed by atoms with Crippen molar-refractivity contribution in [2.24, 2.45) is 0 Å². The van der Waals surface area contributed by atoms with Crippen molar-refractivity contribution < 1.29 is 49.3 Å². The molecule has 1 aliphatic rings. The van der Waals surface area contributed by atoms with Crippen molar-refractivity contribution in [1.82, 2.24) is 5.32 Å².